The van der Waals surface area contributed by atoms with Crippen molar-refractivity contribution >= 4 is 39.1 Å². The number of thiophene rings is 1. The third-order valence-electron chi connectivity index (χ3n) is 6.08. The summed E-state index contributed by atoms with van der Waals surface area (Å²) < 4.78 is 11.4. The van der Waals surface area contributed by atoms with Crippen molar-refractivity contribution in [2.75, 3.05) is 5.73 Å². The zero-order valence-corrected chi connectivity index (χ0v) is 20.4. The standard InChI is InChI=1S/C24H22N6O2S2/c1-12-8-9-15-16(10-12)34-23-19(15)21(25)26-24(27-23)33-11-17-28-29-22(31-17)18-13(2)32-30-20(18)14-6-4-3-5-7-14/h3-7,12H,8-11H2,1-2H3,(H2,25,26,27). The second-order valence-electron chi connectivity index (χ2n) is 8.54. The minimum atomic E-state index is 0.379. The summed E-state index contributed by atoms with van der Waals surface area (Å²) in [7, 11) is 0. The van der Waals surface area contributed by atoms with Crippen molar-refractivity contribution < 1.29 is 8.94 Å². The van der Waals surface area contributed by atoms with E-state index >= 15 is 0 Å². The number of hydrogen-bond acceptors (Lipinski definition) is 10. The minimum absolute atomic E-state index is 0.379. The van der Waals surface area contributed by atoms with Gasteiger partial charge in [-0.2, -0.15) is 0 Å². The lowest BCUT2D eigenvalue weighted by Crippen LogP contribution is -2.09. The Balaban J connectivity index is 1.24. The zero-order valence-electron chi connectivity index (χ0n) is 18.7. The molecule has 1 atom stereocenters. The molecule has 2 N–H and O–H groups in total. The molecular formula is C24H22N6O2S2. The van der Waals surface area contributed by atoms with Crippen LogP contribution in [0.1, 0.15) is 35.4 Å². The summed E-state index contributed by atoms with van der Waals surface area (Å²) in [5, 5.41) is 14.3. The Bertz CT molecular complexity index is 1490. The Kier molecular flexibility index (Phi) is 5.34. The smallest absolute Gasteiger partial charge is 0.253 e. The molecule has 0 bridgehead atoms. The Labute approximate surface area is 204 Å². The Morgan fingerprint density at radius 3 is 2.88 bits per heavy atom. The summed E-state index contributed by atoms with van der Waals surface area (Å²) in [6.45, 7) is 4.13. The molecule has 34 heavy (non-hydrogen) atoms. The molecular weight excluding hydrogens is 468 g/mol. The number of fused-ring (bicyclic) bond motifs is 3. The average Bonchev–Trinajstić information content (AvgIpc) is 3.54. The number of aryl methyl sites for hydroxylation is 2. The van der Waals surface area contributed by atoms with Crippen LogP contribution in [-0.4, -0.2) is 25.3 Å². The van der Waals surface area contributed by atoms with Gasteiger partial charge >= 0.3 is 0 Å². The summed E-state index contributed by atoms with van der Waals surface area (Å²) in [4.78, 5) is 11.7. The molecule has 1 aliphatic rings. The summed E-state index contributed by atoms with van der Waals surface area (Å²) in [5.74, 6) is 3.17. The highest BCUT2D eigenvalue weighted by Gasteiger charge is 2.24. The van der Waals surface area contributed by atoms with Crippen molar-refractivity contribution in [1.29, 1.82) is 0 Å². The van der Waals surface area contributed by atoms with E-state index in [9.17, 15) is 0 Å². The molecule has 1 unspecified atom stereocenters. The van der Waals surface area contributed by atoms with Crippen LogP contribution in [0.3, 0.4) is 0 Å². The minimum Gasteiger partial charge on any atom is -0.420 e. The number of nitrogen functional groups attached to an aromatic ring is 1. The molecule has 6 rings (SSSR count). The van der Waals surface area contributed by atoms with E-state index in [2.05, 4.69) is 27.3 Å². The number of nitrogens with zero attached hydrogens (tertiary/aromatic N) is 5. The van der Waals surface area contributed by atoms with Crippen LogP contribution in [0.4, 0.5) is 5.82 Å². The number of rotatable bonds is 5. The largest absolute Gasteiger partial charge is 0.420 e. The molecule has 0 amide bonds. The Morgan fingerprint density at radius 1 is 1.18 bits per heavy atom. The molecule has 0 saturated heterocycles. The first kappa shape index (κ1) is 21.3. The van der Waals surface area contributed by atoms with Crippen molar-refractivity contribution in [1.82, 2.24) is 25.3 Å². The van der Waals surface area contributed by atoms with E-state index in [0.717, 1.165) is 28.6 Å². The van der Waals surface area contributed by atoms with Crippen LogP contribution in [0.2, 0.25) is 0 Å². The SMILES string of the molecule is Cc1onc(-c2ccccc2)c1-c1nnc(CSc2nc(N)c3c4c(sc3n2)CC(C)CC4)o1. The maximum absolute atomic E-state index is 6.36. The van der Waals surface area contributed by atoms with Crippen LogP contribution in [0.15, 0.2) is 44.4 Å². The highest BCUT2D eigenvalue weighted by Crippen LogP contribution is 2.40. The molecule has 0 saturated carbocycles. The van der Waals surface area contributed by atoms with E-state index in [1.54, 1.807) is 11.3 Å². The van der Waals surface area contributed by atoms with E-state index in [1.165, 1.54) is 28.6 Å². The number of nitrogens with two attached hydrogens (primary N) is 1. The number of anilines is 1. The van der Waals surface area contributed by atoms with Crippen LogP contribution >= 0.6 is 23.1 Å². The van der Waals surface area contributed by atoms with E-state index in [-0.39, 0.29) is 0 Å². The summed E-state index contributed by atoms with van der Waals surface area (Å²) >= 11 is 3.18. The van der Waals surface area contributed by atoms with Gasteiger partial charge in [0.05, 0.1) is 11.1 Å². The fourth-order valence-corrected chi connectivity index (χ4v) is 6.51. The fraction of sp³-hybridized carbons (Fsp3) is 0.292. The molecule has 1 aliphatic carbocycles. The monoisotopic (exact) mass is 490 g/mol. The molecule has 0 fully saturated rings. The quantitative estimate of drug-likeness (QED) is 0.244. The van der Waals surface area contributed by atoms with Crippen molar-refractivity contribution in [2.45, 2.75) is 44.0 Å². The molecule has 10 heteroatoms. The lowest BCUT2D eigenvalue weighted by atomic mass is 9.89. The lowest BCUT2D eigenvalue weighted by Gasteiger charge is -2.17. The molecule has 4 heterocycles. The van der Waals surface area contributed by atoms with Crippen LogP contribution < -0.4 is 5.73 Å². The number of benzene rings is 1. The van der Waals surface area contributed by atoms with Gasteiger partial charge in [-0.25, -0.2) is 9.97 Å². The molecule has 0 aliphatic heterocycles. The van der Waals surface area contributed by atoms with Crippen LogP contribution in [0, 0.1) is 12.8 Å². The normalized spacial score (nSPS) is 15.6. The van der Waals surface area contributed by atoms with Gasteiger partial charge in [0.2, 0.25) is 5.89 Å². The third-order valence-corrected chi connectivity index (χ3v) is 8.06. The van der Waals surface area contributed by atoms with E-state index in [0.29, 0.717) is 51.4 Å². The first-order valence-electron chi connectivity index (χ1n) is 11.1. The summed E-state index contributed by atoms with van der Waals surface area (Å²) in [5.41, 5.74) is 10.0. The zero-order chi connectivity index (χ0) is 23.2. The molecule has 8 nitrogen and oxygen atoms in total. The number of thioether (sulfide) groups is 1. The van der Waals surface area contributed by atoms with Crippen molar-refractivity contribution in [3.05, 3.63) is 52.4 Å². The van der Waals surface area contributed by atoms with Crippen molar-refractivity contribution in [3.8, 4) is 22.7 Å². The van der Waals surface area contributed by atoms with Gasteiger partial charge in [-0.05, 0) is 37.7 Å². The highest BCUT2D eigenvalue weighted by atomic mass is 32.2. The average molecular weight is 491 g/mol. The topological polar surface area (TPSA) is 117 Å². The van der Waals surface area contributed by atoms with Crippen LogP contribution in [0.25, 0.3) is 32.9 Å². The van der Waals surface area contributed by atoms with Gasteiger partial charge in [-0.1, -0.05) is 54.2 Å². The molecule has 5 aromatic rings. The van der Waals surface area contributed by atoms with Gasteiger partial charge < -0.3 is 14.7 Å². The fourth-order valence-electron chi connectivity index (χ4n) is 4.37. The predicted octanol–water partition coefficient (Wildman–Crippen LogP) is 5.70. The summed E-state index contributed by atoms with van der Waals surface area (Å²) in [6, 6.07) is 9.79. The Hall–Kier alpha value is -3.24. The van der Waals surface area contributed by atoms with Gasteiger partial charge in [0.25, 0.3) is 5.89 Å². The predicted molar refractivity (Wildman–Crippen MR) is 133 cm³/mol. The van der Waals surface area contributed by atoms with Crippen LogP contribution in [0.5, 0.6) is 0 Å². The second kappa shape index (κ2) is 8.52. The first-order valence-corrected chi connectivity index (χ1v) is 12.9. The van der Waals surface area contributed by atoms with Crippen molar-refractivity contribution in [2.24, 2.45) is 5.92 Å². The number of hydrogen-bond donors (Lipinski definition) is 1. The maximum atomic E-state index is 6.36. The van der Waals surface area contributed by atoms with Gasteiger partial charge in [0.15, 0.2) is 5.16 Å². The molecule has 172 valence electrons. The van der Waals surface area contributed by atoms with Gasteiger partial charge in [-0.3, -0.25) is 0 Å². The third kappa shape index (κ3) is 3.76. The number of aromatic nitrogens is 5. The highest BCUT2D eigenvalue weighted by molar-refractivity contribution is 7.98. The van der Waals surface area contributed by atoms with Crippen LogP contribution in [-0.2, 0) is 18.6 Å². The second-order valence-corrected chi connectivity index (χ2v) is 10.6. The molecule has 0 spiro atoms. The molecule has 0 radical (unpaired) electrons. The van der Waals surface area contributed by atoms with Gasteiger partial charge in [0, 0.05) is 10.4 Å². The van der Waals surface area contributed by atoms with E-state index in [1.807, 2.05) is 37.3 Å². The summed E-state index contributed by atoms with van der Waals surface area (Å²) in [6.07, 6.45) is 3.33. The maximum Gasteiger partial charge on any atom is 0.253 e. The molecule has 4 aromatic heterocycles. The van der Waals surface area contributed by atoms with Gasteiger partial charge in [-0.15, -0.1) is 21.5 Å². The van der Waals surface area contributed by atoms with Crippen molar-refractivity contribution in [3.63, 3.8) is 0 Å². The Morgan fingerprint density at radius 2 is 2.03 bits per heavy atom. The first-order chi connectivity index (χ1) is 16.6. The molecule has 1 aromatic carbocycles. The van der Waals surface area contributed by atoms with E-state index in [4.69, 9.17) is 19.7 Å². The lowest BCUT2D eigenvalue weighted by molar-refractivity contribution is 0.399. The van der Waals surface area contributed by atoms with E-state index < -0.39 is 0 Å². The van der Waals surface area contributed by atoms with Gasteiger partial charge in [0.1, 0.15) is 27.7 Å².